The van der Waals surface area contributed by atoms with Gasteiger partial charge in [-0.3, -0.25) is 0 Å². The molecule has 1 nitrogen and oxygen atoms in total. The quantitative estimate of drug-likeness (QED) is 0.543. The summed E-state index contributed by atoms with van der Waals surface area (Å²) in [7, 11) is 0. The summed E-state index contributed by atoms with van der Waals surface area (Å²) in [5.74, 6) is 0. The van der Waals surface area contributed by atoms with Gasteiger partial charge >= 0.3 is 6.00 Å². The van der Waals surface area contributed by atoms with Crippen molar-refractivity contribution in [1.82, 2.24) is 0 Å². The zero-order chi connectivity index (χ0) is 9.19. The summed E-state index contributed by atoms with van der Waals surface area (Å²) in [6.07, 6.45) is 0. The van der Waals surface area contributed by atoms with Gasteiger partial charge in [0.15, 0.2) is 0 Å². The van der Waals surface area contributed by atoms with Crippen molar-refractivity contribution in [1.29, 1.82) is 5.26 Å². The van der Waals surface area contributed by atoms with Crippen LogP contribution in [0.3, 0.4) is 0 Å². The van der Waals surface area contributed by atoms with Crippen LogP contribution in [0.25, 0.3) is 0 Å². The highest BCUT2D eigenvalue weighted by molar-refractivity contribution is 7.69. The molecule has 1 rings (SSSR count). The highest BCUT2D eigenvalue weighted by atomic mass is 35.8. The second-order valence-corrected chi connectivity index (χ2v) is 10.5. The second kappa shape index (κ2) is 3.67. The van der Waals surface area contributed by atoms with E-state index in [1.165, 1.54) is 0 Å². The van der Waals surface area contributed by atoms with Crippen molar-refractivity contribution < 1.29 is 0 Å². The maximum Gasteiger partial charge on any atom is 0.374 e. The molecule has 0 unspecified atom stereocenters. The third-order valence-corrected chi connectivity index (χ3v) is 4.23. The molecule has 0 heterocycles. The maximum atomic E-state index is 8.68. The average Bonchev–Trinajstić information content (AvgIpc) is 2.03. The number of nitrogens with zero attached hydrogens (tertiary/aromatic N) is 1. The fourth-order valence-electron chi connectivity index (χ4n) is 0.828. The Kier molecular flexibility index (Phi) is 3.02. The predicted octanol–water partition coefficient (Wildman–Crippen LogP) is 2.42. The Morgan fingerprint density at radius 3 is 2.17 bits per heavy atom. The number of halogens is 3. The van der Waals surface area contributed by atoms with Gasteiger partial charge < -0.3 is 0 Å². The summed E-state index contributed by atoms with van der Waals surface area (Å²) in [5.41, 5.74) is 0.448. The van der Waals surface area contributed by atoms with Crippen LogP contribution < -0.4 is 5.19 Å². The Morgan fingerprint density at radius 1 is 1.17 bits per heavy atom. The van der Waals surface area contributed by atoms with Gasteiger partial charge in [-0.25, -0.2) is 0 Å². The number of hydrogen-bond donors (Lipinski definition) is 0. The minimum atomic E-state index is -2.90. The number of rotatable bonds is 1. The lowest BCUT2D eigenvalue weighted by atomic mass is 10.2. The molecule has 0 radical (unpaired) electrons. The second-order valence-electron chi connectivity index (χ2n) is 2.16. The summed E-state index contributed by atoms with van der Waals surface area (Å²) < 4.78 is 0. The smallest absolute Gasteiger partial charge is 0.192 e. The predicted molar refractivity (Wildman–Crippen MR) is 54.1 cm³/mol. The summed E-state index contributed by atoms with van der Waals surface area (Å²) in [6.45, 7) is 0. The Morgan fingerprint density at radius 2 is 1.75 bits per heavy atom. The van der Waals surface area contributed by atoms with Crippen molar-refractivity contribution in [3.8, 4) is 6.07 Å². The fourth-order valence-corrected chi connectivity index (χ4v) is 3.04. The molecule has 0 aromatic heterocycles. The summed E-state index contributed by atoms with van der Waals surface area (Å²) in [4.78, 5) is 0. The van der Waals surface area contributed by atoms with Crippen LogP contribution in [-0.4, -0.2) is 6.00 Å². The molecule has 1 aromatic rings. The standard InChI is InChI=1S/C7H4Cl3NSi/c8-12(9,10)7-4-2-1-3-6(7)5-11/h1-4H. The maximum absolute atomic E-state index is 8.68. The number of benzene rings is 1. The molecular formula is C7H4Cl3NSi. The molecule has 0 aliphatic carbocycles. The van der Waals surface area contributed by atoms with E-state index in [0.29, 0.717) is 10.8 Å². The SMILES string of the molecule is N#Cc1ccccc1[Si](Cl)(Cl)Cl. The Bertz CT molecular complexity index is 326. The van der Waals surface area contributed by atoms with E-state index in [0.717, 1.165) is 0 Å². The third-order valence-electron chi connectivity index (χ3n) is 1.35. The molecule has 0 spiro atoms. The van der Waals surface area contributed by atoms with Crippen LogP contribution in [0.5, 0.6) is 0 Å². The van der Waals surface area contributed by atoms with Gasteiger partial charge in [0.25, 0.3) is 0 Å². The highest BCUT2D eigenvalue weighted by Gasteiger charge is 2.30. The molecule has 5 heteroatoms. The van der Waals surface area contributed by atoms with E-state index in [2.05, 4.69) is 0 Å². The summed E-state index contributed by atoms with van der Waals surface area (Å²) in [6, 6.07) is 5.90. The van der Waals surface area contributed by atoms with Gasteiger partial charge in [0, 0.05) is 5.19 Å². The highest BCUT2D eigenvalue weighted by Crippen LogP contribution is 2.20. The largest absolute Gasteiger partial charge is 0.374 e. The number of nitriles is 1. The first kappa shape index (κ1) is 9.88. The average molecular weight is 237 g/mol. The molecule has 1 aromatic carbocycles. The van der Waals surface area contributed by atoms with Crippen molar-refractivity contribution in [2.45, 2.75) is 0 Å². The molecule has 0 saturated heterocycles. The van der Waals surface area contributed by atoms with Crippen LogP contribution in [-0.2, 0) is 0 Å². The summed E-state index contributed by atoms with van der Waals surface area (Å²) >= 11 is 17.3. The van der Waals surface area contributed by atoms with E-state index < -0.39 is 6.00 Å². The van der Waals surface area contributed by atoms with E-state index >= 15 is 0 Å². The zero-order valence-corrected chi connectivity index (χ0v) is 9.16. The van der Waals surface area contributed by atoms with Crippen molar-refractivity contribution in [3.05, 3.63) is 29.8 Å². The van der Waals surface area contributed by atoms with Gasteiger partial charge in [0.05, 0.1) is 11.6 Å². The minimum absolute atomic E-state index is 0.448. The molecule has 0 atom stereocenters. The molecule has 0 N–H and O–H groups in total. The Labute approximate surface area is 85.6 Å². The first-order valence-corrected chi connectivity index (χ1v) is 8.15. The summed E-state index contributed by atoms with van der Waals surface area (Å²) in [5, 5.41) is 9.23. The van der Waals surface area contributed by atoms with Crippen LogP contribution >= 0.6 is 33.2 Å². The first-order chi connectivity index (χ1) is 5.55. The van der Waals surface area contributed by atoms with E-state index in [9.17, 15) is 0 Å². The van der Waals surface area contributed by atoms with Gasteiger partial charge in [-0.2, -0.15) is 5.26 Å². The molecule has 62 valence electrons. The van der Waals surface area contributed by atoms with Gasteiger partial charge in [-0.05, 0) is 6.07 Å². The molecule has 0 aliphatic heterocycles. The van der Waals surface area contributed by atoms with Gasteiger partial charge in [-0.15, -0.1) is 33.2 Å². The van der Waals surface area contributed by atoms with Crippen LogP contribution in [0.4, 0.5) is 0 Å². The van der Waals surface area contributed by atoms with Gasteiger partial charge in [-0.1, -0.05) is 18.2 Å². The molecule has 0 aliphatic rings. The normalized spacial score (nSPS) is 10.8. The monoisotopic (exact) mass is 235 g/mol. The third kappa shape index (κ3) is 2.15. The van der Waals surface area contributed by atoms with Crippen LogP contribution in [0.1, 0.15) is 5.56 Å². The van der Waals surface area contributed by atoms with E-state index in [1.54, 1.807) is 24.3 Å². The van der Waals surface area contributed by atoms with Gasteiger partial charge in [0.1, 0.15) is 0 Å². The van der Waals surface area contributed by atoms with Crippen molar-refractivity contribution in [2.75, 3.05) is 0 Å². The molecule has 0 amide bonds. The lowest BCUT2D eigenvalue weighted by Crippen LogP contribution is -2.32. The van der Waals surface area contributed by atoms with Crippen LogP contribution in [0, 0.1) is 11.3 Å². The zero-order valence-electron chi connectivity index (χ0n) is 5.89. The van der Waals surface area contributed by atoms with E-state index in [-0.39, 0.29) is 0 Å². The minimum Gasteiger partial charge on any atom is -0.192 e. The molecule has 0 saturated carbocycles. The molecule has 0 fully saturated rings. The fraction of sp³-hybridized carbons (Fsp3) is 0. The van der Waals surface area contributed by atoms with E-state index in [1.807, 2.05) is 6.07 Å². The molecular weight excluding hydrogens is 233 g/mol. The molecule has 12 heavy (non-hydrogen) atoms. The lowest BCUT2D eigenvalue weighted by Gasteiger charge is -2.08. The molecule has 0 bridgehead atoms. The van der Waals surface area contributed by atoms with Crippen LogP contribution in [0.15, 0.2) is 24.3 Å². The number of hydrogen-bond acceptors (Lipinski definition) is 1. The first-order valence-electron chi connectivity index (χ1n) is 3.12. The van der Waals surface area contributed by atoms with E-state index in [4.69, 9.17) is 38.5 Å². The van der Waals surface area contributed by atoms with Gasteiger partial charge in [0.2, 0.25) is 0 Å². The Balaban J connectivity index is 3.26. The lowest BCUT2D eigenvalue weighted by molar-refractivity contribution is 1.50. The van der Waals surface area contributed by atoms with Crippen molar-refractivity contribution in [3.63, 3.8) is 0 Å². The Hall–Kier alpha value is -0.203. The van der Waals surface area contributed by atoms with Crippen LogP contribution in [0.2, 0.25) is 0 Å². The van der Waals surface area contributed by atoms with Crippen molar-refractivity contribution in [2.24, 2.45) is 0 Å². The van der Waals surface area contributed by atoms with Crippen molar-refractivity contribution >= 4 is 44.4 Å². The topological polar surface area (TPSA) is 23.8 Å².